The smallest absolute Gasteiger partial charge is 0.261 e. The summed E-state index contributed by atoms with van der Waals surface area (Å²) in [6, 6.07) is 1.84. The standard InChI is InChI=1S/C9H14F2N2OS/c10-9(11)6-14-3-2-13-5-8-7(12)1-4-15-8/h1,4,9,13H,2-3,5-6,12H2. The Kier molecular flexibility index (Phi) is 5.52. The van der Waals surface area contributed by atoms with Gasteiger partial charge < -0.3 is 15.8 Å². The molecule has 1 rings (SSSR count). The van der Waals surface area contributed by atoms with E-state index in [1.54, 1.807) is 11.3 Å². The Morgan fingerprint density at radius 3 is 2.93 bits per heavy atom. The largest absolute Gasteiger partial charge is 0.398 e. The van der Waals surface area contributed by atoms with E-state index in [-0.39, 0.29) is 6.61 Å². The lowest BCUT2D eigenvalue weighted by atomic mass is 10.4. The summed E-state index contributed by atoms with van der Waals surface area (Å²) in [4.78, 5) is 1.06. The van der Waals surface area contributed by atoms with Crippen LogP contribution in [0.1, 0.15) is 4.88 Å². The molecule has 3 nitrogen and oxygen atoms in total. The molecule has 0 aliphatic rings. The van der Waals surface area contributed by atoms with Crippen molar-refractivity contribution < 1.29 is 13.5 Å². The third-order valence-electron chi connectivity index (χ3n) is 1.73. The van der Waals surface area contributed by atoms with Gasteiger partial charge in [0.15, 0.2) is 0 Å². The molecule has 86 valence electrons. The lowest BCUT2D eigenvalue weighted by Gasteiger charge is -2.05. The number of halogens is 2. The molecule has 1 heterocycles. The van der Waals surface area contributed by atoms with E-state index >= 15 is 0 Å². The number of hydrogen-bond acceptors (Lipinski definition) is 4. The zero-order valence-corrected chi connectivity index (χ0v) is 9.03. The van der Waals surface area contributed by atoms with Gasteiger partial charge in [0.05, 0.1) is 6.61 Å². The number of nitrogen functional groups attached to an aromatic ring is 1. The lowest BCUT2D eigenvalue weighted by molar-refractivity contribution is 0.0187. The molecule has 0 fully saturated rings. The van der Waals surface area contributed by atoms with Gasteiger partial charge in [0, 0.05) is 23.7 Å². The van der Waals surface area contributed by atoms with E-state index in [1.807, 2.05) is 11.4 Å². The first-order chi connectivity index (χ1) is 7.20. The van der Waals surface area contributed by atoms with Crippen molar-refractivity contribution in [3.05, 3.63) is 16.3 Å². The van der Waals surface area contributed by atoms with Crippen molar-refractivity contribution in [3.8, 4) is 0 Å². The van der Waals surface area contributed by atoms with E-state index in [1.165, 1.54) is 0 Å². The van der Waals surface area contributed by atoms with E-state index in [2.05, 4.69) is 5.32 Å². The maximum absolute atomic E-state index is 11.7. The molecule has 0 aromatic carbocycles. The average Bonchev–Trinajstić information content (AvgIpc) is 2.57. The highest BCUT2D eigenvalue weighted by Gasteiger charge is 2.01. The Bertz CT molecular complexity index is 281. The van der Waals surface area contributed by atoms with E-state index in [0.717, 1.165) is 10.6 Å². The second-order valence-corrected chi connectivity index (χ2v) is 3.94. The first kappa shape index (κ1) is 12.4. The van der Waals surface area contributed by atoms with Crippen LogP contribution in [0.4, 0.5) is 14.5 Å². The minimum absolute atomic E-state index is 0.287. The zero-order chi connectivity index (χ0) is 11.1. The highest BCUT2D eigenvalue weighted by atomic mass is 32.1. The molecule has 15 heavy (non-hydrogen) atoms. The number of ether oxygens (including phenoxy) is 1. The maximum atomic E-state index is 11.7. The quantitative estimate of drug-likeness (QED) is 0.708. The van der Waals surface area contributed by atoms with Crippen molar-refractivity contribution in [1.82, 2.24) is 5.32 Å². The molecule has 1 aromatic rings. The molecule has 0 unspecified atom stereocenters. The Balaban J connectivity index is 2.00. The summed E-state index contributed by atoms with van der Waals surface area (Å²) in [6.07, 6.45) is -2.39. The van der Waals surface area contributed by atoms with E-state index < -0.39 is 13.0 Å². The second kappa shape index (κ2) is 6.71. The molecule has 1 aromatic heterocycles. The molecular formula is C9H14F2N2OS. The van der Waals surface area contributed by atoms with Crippen LogP contribution in [0.3, 0.4) is 0 Å². The Labute approximate surface area is 91.2 Å². The SMILES string of the molecule is Nc1ccsc1CNCCOCC(F)F. The predicted molar refractivity (Wildman–Crippen MR) is 57.3 cm³/mol. The third kappa shape index (κ3) is 5.06. The van der Waals surface area contributed by atoms with Gasteiger partial charge >= 0.3 is 0 Å². The molecule has 0 amide bonds. The molecule has 0 saturated carbocycles. The summed E-state index contributed by atoms with van der Waals surface area (Å²) in [6.45, 7) is 0.990. The second-order valence-electron chi connectivity index (χ2n) is 2.94. The van der Waals surface area contributed by atoms with E-state index in [4.69, 9.17) is 10.5 Å². The first-order valence-corrected chi connectivity index (χ1v) is 5.46. The number of hydrogen-bond donors (Lipinski definition) is 2. The first-order valence-electron chi connectivity index (χ1n) is 4.58. The molecule has 6 heteroatoms. The van der Waals surface area contributed by atoms with Crippen LogP contribution in [0.15, 0.2) is 11.4 Å². The number of thiophene rings is 1. The van der Waals surface area contributed by atoms with E-state index in [0.29, 0.717) is 13.1 Å². The predicted octanol–water partition coefficient (Wildman–Crippen LogP) is 1.70. The van der Waals surface area contributed by atoms with Crippen molar-refractivity contribution in [3.63, 3.8) is 0 Å². The molecule has 3 N–H and O–H groups in total. The normalized spacial score (nSPS) is 11.1. The van der Waals surface area contributed by atoms with Gasteiger partial charge in [-0.2, -0.15) is 0 Å². The number of rotatable bonds is 7. The fourth-order valence-corrected chi connectivity index (χ4v) is 1.78. The average molecular weight is 236 g/mol. The summed E-state index contributed by atoms with van der Waals surface area (Å²) < 4.78 is 28.0. The van der Waals surface area contributed by atoms with Crippen LogP contribution < -0.4 is 11.1 Å². The number of nitrogens with two attached hydrogens (primary N) is 1. The Morgan fingerprint density at radius 1 is 1.53 bits per heavy atom. The molecule has 0 atom stereocenters. The highest BCUT2D eigenvalue weighted by molar-refractivity contribution is 7.10. The summed E-state index contributed by atoms with van der Waals surface area (Å²) in [7, 11) is 0. The van der Waals surface area contributed by atoms with Crippen molar-refractivity contribution in [2.45, 2.75) is 13.0 Å². The Hall–Kier alpha value is -0.720. The topological polar surface area (TPSA) is 47.3 Å². The van der Waals surface area contributed by atoms with Crippen LogP contribution >= 0.6 is 11.3 Å². The van der Waals surface area contributed by atoms with Crippen LogP contribution in [-0.4, -0.2) is 26.2 Å². The van der Waals surface area contributed by atoms with Crippen LogP contribution in [0, 0.1) is 0 Å². The minimum atomic E-state index is -2.39. The maximum Gasteiger partial charge on any atom is 0.261 e. The van der Waals surface area contributed by atoms with Gasteiger partial charge in [0.1, 0.15) is 6.61 Å². The van der Waals surface area contributed by atoms with Crippen LogP contribution in [-0.2, 0) is 11.3 Å². The van der Waals surface area contributed by atoms with Gasteiger partial charge in [-0.1, -0.05) is 0 Å². The lowest BCUT2D eigenvalue weighted by Crippen LogP contribution is -2.20. The fraction of sp³-hybridized carbons (Fsp3) is 0.556. The van der Waals surface area contributed by atoms with Crippen LogP contribution in [0.5, 0.6) is 0 Å². The van der Waals surface area contributed by atoms with Crippen molar-refractivity contribution in [2.24, 2.45) is 0 Å². The monoisotopic (exact) mass is 236 g/mol. The summed E-state index contributed by atoms with van der Waals surface area (Å²) in [5, 5.41) is 4.98. The van der Waals surface area contributed by atoms with Gasteiger partial charge in [0.2, 0.25) is 0 Å². The summed E-state index contributed by atoms with van der Waals surface area (Å²) >= 11 is 1.57. The third-order valence-corrected chi connectivity index (χ3v) is 2.67. The van der Waals surface area contributed by atoms with Crippen LogP contribution in [0.25, 0.3) is 0 Å². The van der Waals surface area contributed by atoms with Crippen molar-refractivity contribution in [2.75, 3.05) is 25.5 Å². The van der Waals surface area contributed by atoms with Crippen LogP contribution in [0.2, 0.25) is 0 Å². The molecular weight excluding hydrogens is 222 g/mol. The van der Waals surface area contributed by atoms with Gasteiger partial charge in [-0.25, -0.2) is 8.78 Å². The van der Waals surface area contributed by atoms with Crippen molar-refractivity contribution >= 4 is 17.0 Å². The fourth-order valence-electron chi connectivity index (χ4n) is 1.01. The molecule has 0 aliphatic carbocycles. The number of nitrogens with one attached hydrogen (secondary N) is 1. The van der Waals surface area contributed by atoms with Gasteiger partial charge in [-0.05, 0) is 11.4 Å². The van der Waals surface area contributed by atoms with E-state index in [9.17, 15) is 8.78 Å². The molecule has 0 radical (unpaired) electrons. The zero-order valence-electron chi connectivity index (χ0n) is 8.21. The van der Waals surface area contributed by atoms with Gasteiger partial charge in [-0.15, -0.1) is 11.3 Å². The summed E-state index contributed by atoms with van der Waals surface area (Å²) in [5.41, 5.74) is 6.43. The Morgan fingerprint density at radius 2 is 2.33 bits per heavy atom. The summed E-state index contributed by atoms with van der Waals surface area (Å²) in [5.74, 6) is 0. The number of alkyl halides is 2. The molecule has 0 spiro atoms. The minimum Gasteiger partial charge on any atom is -0.398 e. The molecule has 0 saturated heterocycles. The van der Waals surface area contributed by atoms with Gasteiger partial charge in [0.25, 0.3) is 6.43 Å². The van der Waals surface area contributed by atoms with Gasteiger partial charge in [-0.3, -0.25) is 0 Å². The molecule has 0 aliphatic heterocycles. The molecule has 0 bridgehead atoms. The highest BCUT2D eigenvalue weighted by Crippen LogP contribution is 2.17. The van der Waals surface area contributed by atoms with Crippen molar-refractivity contribution in [1.29, 1.82) is 0 Å². The number of anilines is 1.